The summed E-state index contributed by atoms with van der Waals surface area (Å²) in [5.41, 5.74) is 8.45. The molecule has 6 nitrogen and oxygen atoms in total. The Morgan fingerprint density at radius 3 is 2.59 bits per heavy atom. The van der Waals surface area contributed by atoms with Crippen LogP contribution in [0.2, 0.25) is 0 Å². The SMILES string of the molecule is CC1CCc2c(sc(NC(=O)CN3CCN(c4ccccc4)CC3)c2C(N)=O)C1. The van der Waals surface area contributed by atoms with Crippen LogP contribution in [0.1, 0.15) is 34.1 Å². The molecule has 154 valence electrons. The van der Waals surface area contributed by atoms with Crippen molar-refractivity contribution < 1.29 is 9.59 Å². The van der Waals surface area contributed by atoms with Crippen LogP contribution in [0.15, 0.2) is 30.3 Å². The van der Waals surface area contributed by atoms with Crippen LogP contribution in [-0.2, 0) is 17.6 Å². The highest BCUT2D eigenvalue weighted by atomic mass is 32.1. The van der Waals surface area contributed by atoms with Crippen molar-refractivity contribution in [3.05, 3.63) is 46.3 Å². The van der Waals surface area contributed by atoms with E-state index in [1.807, 2.05) is 18.2 Å². The van der Waals surface area contributed by atoms with E-state index in [4.69, 9.17) is 5.73 Å². The van der Waals surface area contributed by atoms with Crippen LogP contribution in [-0.4, -0.2) is 49.4 Å². The van der Waals surface area contributed by atoms with E-state index in [2.05, 4.69) is 34.2 Å². The van der Waals surface area contributed by atoms with Gasteiger partial charge in [-0.25, -0.2) is 0 Å². The molecule has 3 N–H and O–H groups in total. The number of fused-ring (bicyclic) bond motifs is 1. The summed E-state index contributed by atoms with van der Waals surface area (Å²) in [6, 6.07) is 10.4. The number of nitrogens with one attached hydrogen (secondary N) is 1. The van der Waals surface area contributed by atoms with E-state index in [1.165, 1.54) is 21.9 Å². The van der Waals surface area contributed by atoms with E-state index in [1.54, 1.807) is 0 Å². The molecular formula is C22H28N4O2S. The number of rotatable bonds is 5. The van der Waals surface area contributed by atoms with E-state index in [-0.39, 0.29) is 5.91 Å². The molecule has 2 aliphatic rings. The first kappa shape index (κ1) is 19.9. The number of anilines is 2. The highest BCUT2D eigenvalue weighted by Crippen LogP contribution is 2.39. The van der Waals surface area contributed by atoms with Gasteiger partial charge in [0.05, 0.1) is 12.1 Å². The molecule has 7 heteroatoms. The third-order valence-corrected chi connectivity index (χ3v) is 7.04. The van der Waals surface area contributed by atoms with Gasteiger partial charge >= 0.3 is 0 Å². The van der Waals surface area contributed by atoms with Gasteiger partial charge in [0.15, 0.2) is 0 Å². The molecule has 0 bridgehead atoms. The van der Waals surface area contributed by atoms with Gasteiger partial charge in [0.2, 0.25) is 5.91 Å². The summed E-state index contributed by atoms with van der Waals surface area (Å²) < 4.78 is 0. The Kier molecular flexibility index (Phi) is 5.87. The number of carbonyl (C=O) groups excluding carboxylic acids is 2. The fraction of sp³-hybridized carbons (Fsp3) is 0.455. The highest BCUT2D eigenvalue weighted by Gasteiger charge is 2.28. The number of amides is 2. The molecule has 1 saturated heterocycles. The van der Waals surface area contributed by atoms with Gasteiger partial charge in [-0.2, -0.15) is 0 Å². The van der Waals surface area contributed by atoms with Crippen molar-refractivity contribution >= 4 is 33.8 Å². The van der Waals surface area contributed by atoms with Gasteiger partial charge in [0.25, 0.3) is 5.91 Å². The molecule has 1 aliphatic carbocycles. The summed E-state index contributed by atoms with van der Waals surface area (Å²) in [6.07, 6.45) is 2.88. The van der Waals surface area contributed by atoms with E-state index in [9.17, 15) is 9.59 Å². The minimum Gasteiger partial charge on any atom is -0.369 e. The fourth-order valence-electron chi connectivity index (χ4n) is 4.27. The molecule has 2 amide bonds. The Hall–Kier alpha value is -2.38. The van der Waals surface area contributed by atoms with Crippen molar-refractivity contribution in [3.63, 3.8) is 0 Å². The lowest BCUT2D eigenvalue weighted by Crippen LogP contribution is -2.48. The minimum atomic E-state index is -0.441. The quantitative estimate of drug-likeness (QED) is 0.792. The number of para-hydroxylation sites is 1. The number of piperazine rings is 1. The van der Waals surface area contributed by atoms with Crippen LogP contribution >= 0.6 is 11.3 Å². The number of nitrogens with two attached hydrogens (primary N) is 1. The first-order chi connectivity index (χ1) is 14.0. The lowest BCUT2D eigenvalue weighted by Gasteiger charge is -2.35. The van der Waals surface area contributed by atoms with Gasteiger partial charge in [-0.3, -0.25) is 14.5 Å². The van der Waals surface area contributed by atoms with Gasteiger partial charge < -0.3 is 16.0 Å². The number of benzene rings is 1. The summed E-state index contributed by atoms with van der Waals surface area (Å²) in [6.45, 7) is 6.02. The second-order valence-corrected chi connectivity index (χ2v) is 9.17. The van der Waals surface area contributed by atoms with Gasteiger partial charge in [0, 0.05) is 36.7 Å². The summed E-state index contributed by atoms with van der Waals surface area (Å²) in [4.78, 5) is 30.4. The molecule has 4 rings (SSSR count). The molecule has 1 aliphatic heterocycles. The summed E-state index contributed by atoms with van der Waals surface area (Å²) >= 11 is 1.52. The lowest BCUT2D eigenvalue weighted by atomic mass is 9.88. The molecular weight excluding hydrogens is 384 g/mol. The zero-order valence-electron chi connectivity index (χ0n) is 16.8. The molecule has 1 aromatic heterocycles. The maximum Gasteiger partial charge on any atom is 0.251 e. The molecule has 1 unspecified atom stereocenters. The molecule has 1 aromatic carbocycles. The zero-order valence-corrected chi connectivity index (χ0v) is 17.6. The summed E-state index contributed by atoms with van der Waals surface area (Å²) in [7, 11) is 0. The monoisotopic (exact) mass is 412 g/mol. The number of hydrogen-bond acceptors (Lipinski definition) is 5. The molecule has 0 radical (unpaired) electrons. The summed E-state index contributed by atoms with van der Waals surface area (Å²) in [5.74, 6) is 0.0856. The van der Waals surface area contributed by atoms with Crippen molar-refractivity contribution in [3.8, 4) is 0 Å². The smallest absolute Gasteiger partial charge is 0.251 e. The first-order valence-corrected chi connectivity index (χ1v) is 11.1. The molecule has 0 saturated carbocycles. The lowest BCUT2D eigenvalue weighted by molar-refractivity contribution is -0.117. The van der Waals surface area contributed by atoms with E-state index >= 15 is 0 Å². The Bertz CT molecular complexity index is 888. The second-order valence-electron chi connectivity index (χ2n) is 8.07. The van der Waals surface area contributed by atoms with Crippen molar-refractivity contribution in [2.75, 3.05) is 42.9 Å². The van der Waals surface area contributed by atoms with Crippen LogP contribution in [0.5, 0.6) is 0 Å². The number of carbonyl (C=O) groups is 2. The average Bonchev–Trinajstić information content (AvgIpc) is 3.06. The third kappa shape index (κ3) is 4.46. The fourth-order valence-corrected chi connectivity index (χ4v) is 5.70. The van der Waals surface area contributed by atoms with Crippen LogP contribution in [0.4, 0.5) is 10.7 Å². The van der Waals surface area contributed by atoms with Crippen molar-refractivity contribution in [2.45, 2.75) is 26.2 Å². The number of thiophene rings is 1. The predicted molar refractivity (Wildman–Crippen MR) is 118 cm³/mol. The average molecular weight is 413 g/mol. The standard InChI is InChI=1S/C22H28N4O2S/c1-15-7-8-17-18(13-15)29-22(20(17)21(23)28)24-19(27)14-25-9-11-26(12-10-25)16-5-3-2-4-6-16/h2-6,15H,7-14H2,1H3,(H2,23,28)(H,24,27). The van der Waals surface area contributed by atoms with Gasteiger partial charge in [-0.05, 0) is 42.9 Å². The number of hydrogen-bond donors (Lipinski definition) is 2. The van der Waals surface area contributed by atoms with Gasteiger partial charge in [-0.15, -0.1) is 11.3 Å². The predicted octanol–water partition coefficient (Wildman–Crippen LogP) is 2.73. The van der Waals surface area contributed by atoms with E-state index in [0.717, 1.165) is 51.0 Å². The highest BCUT2D eigenvalue weighted by molar-refractivity contribution is 7.17. The van der Waals surface area contributed by atoms with Crippen molar-refractivity contribution in [2.24, 2.45) is 11.7 Å². The van der Waals surface area contributed by atoms with E-state index in [0.29, 0.717) is 23.0 Å². The van der Waals surface area contributed by atoms with Crippen LogP contribution in [0.25, 0.3) is 0 Å². The van der Waals surface area contributed by atoms with Crippen molar-refractivity contribution in [1.29, 1.82) is 0 Å². The summed E-state index contributed by atoms with van der Waals surface area (Å²) in [5, 5.41) is 3.61. The maximum absolute atomic E-state index is 12.7. The first-order valence-electron chi connectivity index (χ1n) is 10.3. The van der Waals surface area contributed by atoms with Crippen molar-refractivity contribution in [1.82, 2.24) is 4.90 Å². The van der Waals surface area contributed by atoms with Crippen LogP contribution in [0.3, 0.4) is 0 Å². The topological polar surface area (TPSA) is 78.7 Å². The van der Waals surface area contributed by atoms with Crippen LogP contribution < -0.4 is 16.0 Å². The Labute approximate surface area is 175 Å². The Balaban J connectivity index is 1.36. The largest absolute Gasteiger partial charge is 0.369 e. The number of primary amides is 1. The van der Waals surface area contributed by atoms with Crippen LogP contribution in [0, 0.1) is 5.92 Å². The molecule has 29 heavy (non-hydrogen) atoms. The minimum absolute atomic E-state index is 0.0766. The molecule has 1 atom stereocenters. The van der Waals surface area contributed by atoms with Gasteiger partial charge in [0.1, 0.15) is 5.00 Å². The Morgan fingerprint density at radius 1 is 1.17 bits per heavy atom. The molecule has 2 aromatic rings. The zero-order chi connectivity index (χ0) is 20.4. The van der Waals surface area contributed by atoms with E-state index < -0.39 is 5.91 Å². The maximum atomic E-state index is 12.7. The molecule has 0 spiro atoms. The second kappa shape index (κ2) is 8.55. The van der Waals surface area contributed by atoms with Gasteiger partial charge in [-0.1, -0.05) is 25.1 Å². The Morgan fingerprint density at radius 2 is 1.90 bits per heavy atom. The number of nitrogens with zero attached hydrogens (tertiary/aromatic N) is 2. The normalized spacial score (nSPS) is 19.6. The third-order valence-electron chi connectivity index (χ3n) is 5.87. The molecule has 1 fully saturated rings. The molecule has 2 heterocycles.